The maximum Gasteiger partial charge on any atom is 0.315 e. The van der Waals surface area contributed by atoms with Crippen LogP contribution in [0.2, 0.25) is 0 Å². The Kier molecular flexibility index (Phi) is 5.59. The Bertz CT molecular complexity index is 482. The number of nitrogens with one attached hydrogen (secondary N) is 2. The van der Waals surface area contributed by atoms with Gasteiger partial charge < -0.3 is 15.7 Å². The van der Waals surface area contributed by atoms with Crippen molar-refractivity contribution >= 4 is 21.8 Å². The number of rotatable bonds is 6. The summed E-state index contributed by atoms with van der Waals surface area (Å²) in [6.45, 7) is 7.78. The Morgan fingerprint density at radius 1 is 1.20 bits per heavy atom. The maximum atomic E-state index is 11.8. The summed E-state index contributed by atoms with van der Waals surface area (Å²) in [6.07, 6.45) is 1.08. The summed E-state index contributed by atoms with van der Waals surface area (Å²) in [6, 6.07) is -1.16. The molecule has 20 heavy (non-hydrogen) atoms. The molecule has 0 aliphatic heterocycles. The van der Waals surface area contributed by atoms with Crippen molar-refractivity contribution in [3.05, 3.63) is 0 Å². The SMILES string of the molecule is CC(CS(C)(=O)=O)NC(=O)NC(C)(C)C(C)(C)C(=O)O. The highest BCUT2D eigenvalue weighted by Gasteiger charge is 2.44. The Morgan fingerprint density at radius 3 is 2.00 bits per heavy atom. The molecule has 118 valence electrons. The minimum atomic E-state index is -3.19. The third-order valence-corrected chi connectivity index (χ3v) is 4.56. The Hall–Kier alpha value is -1.31. The zero-order valence-electron chi connectivity index (χ0n) is 12.8. The van der Waals surface area contributed by atoms with Gasteiger partial charge in [-0.3, -0.25) is 4.79 Å². The summed E-state index contributed by atoms with van der Waals surface area (Å²) >= 11 is 0. The number of sulfone groups is 1. The van der Waals surface area contributed by atoms with Crippen LogP contribution in [0, 0.1) is 5.41 Å². The molecular weight excluding hydrogens is 284 g/mol. The highest BCUT2D eigenvalue weighted by atomic mass is 32.2. The van der Waals surface area contributed by atoms with Crippen molar-refractivity contribution < 1.29 is 23.1 Å². The largest absolute Gasteiger partial charge is 0.481 e. The van der Waals surface area contributed by atoms with Crippen molar-refractivity contribution in [3.8, 4) is 0 Å². The van der Waals surface area contributed by atoms with Crippen molar-refractivity contribution in [1.82, 2.24) is 10.6 Å². The van der Waals surface area contributed by atoms with E-state index in [1.807, 2.05) is 0 Å². The van der Waals surface area contributed by atoms with Crippen LogP contribution in [0.3, 0.4) is 0 Å². The molecule has 0 radical (unpaired) electrons. The van der Waals surface area contributed by atoms with Gasteiger partial charge in [0.05, 0.1) is 16.7 Å². The third-order valence-electron chi connectivity index (χ3n) is 3.45. The van der Waals surface area contributed by atoms with Gasteiger partial charge in [0.25, 0.3) is 0 Å². The molecule has 0 aromatic rings. The number of hydrogen-bond acceptors (Lipinski definition) is 4. The number of hydrogen-bond donors (Lipinski definition) is 3. The molecule has 0 fully saturated rings. The van der Waals surface area contributed by atoms with Gasteiger partial charge in [0, 0.05) is 12.3 Å². The van der Waals surface area contributed by atoms with Crippen LogP contribution in [-0.2, 0) is 14.6 Å². The van der Waals surface area contributed by atoms with Crippen molar-refractivity contribution in [2.75, 3.05) is 12.0 Å². The monoisotopic (exact) mass is 308 g/mol. The number of carboxylic acid groups (broad SMARTS) is 1. The fraction of sp³-hybridized carbons (Fsp3) is 0.833. The van der Waals surface area contributed by atoms with Crippen LogP contribution in [0.25, 0.3) is 0 Å². The Labute approximate surface area is 120 Å². The zero-order valence-corrected chi connectivity index (χ0v) is 13.6. The quantitative estimate of drug-likeness (QED) is 0.665. The predicted octanol–water partition coefficient (Wildman–Crippen LogP) is 0.608. The molecule has 3 N–H and O–H groups in total. The standard InChI is InChI=1S/C12H24N2O5S/c1-8(7-20(6,18)19)13-10(17)14-12(4,5)11(2,3)9(15)16/h8H,7H2,1-6H3,(H,15,16)(H2,13,14,17). The molecule has 0 aliphatic rings. The lowest BCUT2D eigenvalue weighted by molar-refractivity contribution is -0.150. The van der Waals surface area contributed by atoms with E-state index < -0.39 is 38.8 Å². The summed E-state index contributed by atoms with van der Waals surface area (Å²) in [5.74, 6) is -1.21. The molecule has 7 nitrogen and oxygen atoms in total. The first-order valence-electron chi connectivity index (χ1n) is 6.19. The lowest BCUT2D eigenvalue weighted by atomic mass is 9.74. The van der Waals surface area contributed by atoms with Gasteiger partial charge in [0.15, 0.2) is 0 Å². The molecule has 0 aromatic carbocycles. The smallest absolute Gasteiger partial charge is 0.315 e. The van der Waals surface area contributed by atoms with E-state index in [0.717, 1.165) is 6.26 Å². The van der Waals surface area contributed by atoms with E-state index in [9.17, 15) is 23.1 Å². The fourth-order valence-electron chi connectivity index (χ4n) is 1.46. The molecule has 0 rings (SSSR count). The van der Waals surface area contributed by atoms with Crippen molar-refractivity contribution in [2.45, 2.75) is 46.2 Å². The molecule has 0 saturated heterocycles. The van der Waals surface area contributed by atoms with Crippen molar-refractivity contribution in [2.24, 2.45) is 5.41 Å². The van der Waals surface area contributed by atoms with E-state index in [0.29, 0.717) is 0 Å². The zero-order chi connectivity index (χ0) is 16.4. The average molecular weight is 308 g/mol. The van der Waals surface area contributed by atoms with Crippen LogP contribution in [0.4, 0.5) is 4.79 Å². The van der Waals surface area contributed by atoms with E-state index >= 15 is 0 Å². The lowest BCUT2D eigenvalue weighted by Crippen LogP contribution is -2.60. The molecule has 1 atom stereocenters. The van der Waals surface area contributed by atoms with Crippen molar-refractivity contribution in [1.29, 1.82) is 0 Å². The Morgan fingerprint density at radius 2 is 1.65 bits per heavy atom. The summed E-state index contributed by atoms with van der Waals surface area (Å²) in [4.78, 5) is 23.0. The first-order chi connectivity index (χ1) is 8.69. The van der Waals surface area contributed by atoms with Crippen LogP contribution in [0.15, 0.2) is 0 Å². The third kappa shape index (κ3) is 5.36. The van der Waals surface area contributed by atoms with Crippen LogP contribution in [0.5, 0.6) is 0 Å². The average Bonchev–Trinajstić information content (AvgIpc) is 2.11. The first kappa shape index (κ1) is 18.7. The molecule has 0 saturated carbocycles. The van der Waals surface area contributed by atoms with E-state index in [1.165, 1.54) is 13.8 Å². The molecule has 0 bridgehead atoms. The van der Waals surface area contributed by atoms with Crippen LogP contribution in [-0.4, -0.2) is 49.1 Å². The molecular formula is C12H24N2O5S. The second kappa shape index (κ2) is 5.99. The topological polar surface area (TPSA) is 113 Å². The molecule has 1 unspecified atom stereocenters. The second-order valence-electron chi connectivity index (χ2n) is 6.15. The van der Waals surface area contributed by atoms with Crippen LogP contribution in [0.1, 0.15) is 34.6 Å². The van der Waals surface area contributed by atoms with Gasteiger partial charge in [-0.2, -0.15) is 0 Å². The number of carbonyl (C=O) groups is 2. The predicted molar refractivity (Wildman–Crippen MR) is 76.3 cm³/mol. The normalized spacial score (nSPS) is 14.5. The minimum Gasteiger partial charge on any atom is -0.481 e. The maximum absolute atomic E-state index is 11.8. The van der Waals surface area contributed by atoms with Gasteiger partial charge in [0.1, 0.15) is 9.84 Å². The number of amides is 2. The molecule has 0 aliphatic carbocycles. The van der Waals surface area contributed by atoms with Gasteiger partial charge in [-0.15, -0.1) is 0 Å². The number of carbonyl (C=O) groups excluding carboxylic acids is 1. The lowest BCUT2D eigenvalue weighted by Gasteiger charge is -2.38. The highest BCUT2D eigenvalue weighted by molar-refractivity contribution is 7.90. The molecule has 8 heteroatoms. The van der Waals surface area contributed by atoms with Crippen LogP contribution >= 0.6 is 0 Å². The van der Waals surface area contributed by atoms with Gasteiger partial charge >= 0.3 is 12.0 Å². The van der Waals surface area contributed by atoms with E-state index in [-0.39, 0.29) is 5.75 Å². The first-order valence-corrected chi connectivity index (χ1v) is 8.25. The second-order valence-corrected chi connectivity index (χ2v) is 8.33. The van der Waals surface area contributed by atoms with Crippen LogP contribution < -0.4 is 10.6 Å². The molecule has 2 amide bonds. The summed E-state index contributed by atoms with van der Waals surface area (Å²) in [7, 11) is -3.19. The molecule has 0 spiro atoms. The number of urea groups is 1. The fourth-order valence-corrected chi connectivity index (χ4v) is 2.45. The van der Waals surface area contributed by atoms with Gasteiger partial charge in [-0.25, -0.2) is 13.2 Å². The van der Waals surface area contributed by atoms with Gasteiger partial charge in [0.2, 0.25) is 0 Å². The van der Waals surface area contributed by atoms with E-state index in [2.05, 4.69) is 10.6 Å². The minimum absolute atomic E-state index is 0.177. The van der Waals surface area contributed by atoms with E-state index in [4.69, 9.17) is 0 Å². The number of aliphatic carboxylic acids is 1. The molecule has 0 heterocycles. The van der Waals surface area contributed by atoms with Gasteiger partial charge in [-0.1, -0.05) is 0 Å². The summed E-state index contributed by atoms with van der Waals surface area (Å²) in [5.41, 5.74) is -2.18. The van der Waals surface area contributed by atoms with E-state index in [1.54, 1.807) is 20.8 Å². The van der Waals surface area contributed by atoms with Crippen molar-refractivity contribution in [3.63, 3.8) is 0 Å². The van der Waals surface area contributed by atoms with Gasteiger partial charge in [-0.05, 0) is 34.6 Å². The summed E-state index contributed by atoms with van der Waals surface area (Å²) < 4.78 is 22.2. The number of carboxylic acids is 1. The summed E-state index contributed by atoms with van der Waals surface area (Å²) in [5, 5.41) is 14.2. The molecule has 0 aromatic heterocycles. The highest BCUT2D eigenvalue weighted by Crippen LogP contribution is 2.30. The Balaban J connectivity index is 4.73.